The number of halogens is 1. The molecule has 0 spiro atoms. The van der Waals surface area contributed by atoms with Gasteiger partial charge < -0.3 is 10.1 Å². The lowest BCUT2D eigenvalue weighted by Gasteiger charge is -2.10. The molecular weight excluding hydrogens is 383 g/mol. The third-order valence-corrected chi connectivity index (χ3v) is 5.25. The van der Waals surface area contributed by atoms with Crippen LogP contribution in [0, 0.1) is 6.92 Å². The predicted molar refractivity (Wildman–Crippen MR) is 106 cm³/mol. The van der Waals surface area contributed by atoms with Gasteiger partial charge in [0.1, 0.15) is 11.5 Å². The molecule has 6 nitrogen and oxygen atoms in total. The molecule has 1 amide bonds. The van der Waals surface area contributed by atoms with Gasteiger partial charge in [0.15, 0.2) is 5.65 Å². The van der Waals surface area contributed by atoms with Crippen molar-refractivity contribution in [2.24, 2.45) is 0 Å². The fourth-order valence-corrected chi connectivity index (χ4v) is 3.63. The molecular formula is C19H15ClN4O2S. The number of thiophene rings is 1. The lowest BCUT2D eigenvalue weighted by atomic mass is 10.2. The van der Waals surface area contributed by atoms with E-state index in [2.05, 4.69) is 15.4 Å². The van der Waals surface area contributed by atoms with Gasteiger partial charge in [-0.25, -0.2) is 9.67 Å². The molecule has 0 saturated heterocycles. The Morgan fingerprint density at radius 2 is 2.07 bits per heavy atom. The zero-order valence-electron chi connectivity index (χ0n) is 14.6. The Kier molecular flexibility index (Phi) is 4.55. The predicted octanol–water partition coefficient (Wildman–Crippen LogP) is 4.60. The van der Waals surface area contributed by atoms with E-state index in [9.17, 15) is 4.79 Å². The third-order valence-electron chi connectivity index (χ3n) is 4.03. The van der Waals surface area contributed by atoms with Crippen molar-refractivity contribution in [1.82, 2.24) is 20.1 Å². The van der Waals surface area contributed by atoms with Crippen molar-refractivity contribution >= 4 is 39.9 Å². The largest absolute Gasteiger partial charge is 0.454 e. The first-order chi connectivity index (χ1) is 13.1. The van der Waals surface area contributed by atoms with Crippen molar-refractivity contribution in [3.63, 3.8) is 0 Å². The Balaban J connectivity index is 1.72. The first-order valence-corrected chi connectivity index (χ1v) is 9.41. The van der Waals surface area contributed by atoms with Gasteiger partial charge in [-0.15, -0.1) is 11.3 Å². The van der Waals surface area contributed by atoms with E-state index in [4.69, 9.17) is 16.3 Å². The first-order valence-electron chi connectivity index (χ1n) is 8.15. The average Bonchev–Trinajstić information content (AvgIpc) is 3.30. The number of carbonyl (C=O) groups is 1. The minimum atomic E-state index is -0.123. The van der Waals surface area contributed by atoms with Crippen molar-refractivity contribution in [3.8, 4) is 17.2 Å². The summed E-state index contributed by atoms with van der Waals surface area (Å²) < 4.78 is 7.64. The highest BCUT2D eigenvalue weighted by Gasteiger charge is 2.15. The quantitative estimate of drug-likeness (QED) is 0.546. The Morgan fingerprint density at radius 3 is 2.85 bits per heavy atom. The monoisotopic (exact) mass is 397 g/mol. The van der Waals surface area contributed by atoms with Gasteiger partial charge in [0.05, 0.1) is 27.5 Å². The molecule has 0 radical (unpaired) electrons. The smallest absolute Gasteiger partial charge is 0.261 e. The zero-order chi connectivity index (χ0) is 19.0. The summed E-state index contributed by atoms with van der Waals surface area (Å²) in [6.07, 6.45) is 1.72. The van der Waals surface area contributed by atoms with Crippen molar-refractivity contribution in [2.75, 3.05) is 7.05 Å². The molecule has 1 aromatic carbocycles. The van der Waals surface area contributed by atoms with E-state index in [0.717, 1.165) is 11.1 Å². The van der Waals surface area contributed by atoms with Crippen LogP contribution < -0.4 is 10.1 Å². The summed E-state index contributed by atoms with van der Waals surface area (Å²) in [5, 5.41) is 10.3. The van der Waals surface area contributed by atoms with Crippen LogP contribution in [0.25, 0.3) is 16.7 Å². The number of amides is 1. The molecule has 8 heteroatoms. The molecule has 0 aliphatic heterocycles. The third kappa shape index (κ3) is 3.27. The number of nitrogens with zero attached hydrogens (tertiary/aromatic N) is 3. The molecule has 0 unspecified atom stereocenters. The summed E-state index contributed by atoms with van der Waals surface area (Å²) in [6, 6.07) is 11.0. The molecule has 0 saturated carbocycles. The summed E-state index contributed by atoms with van der Waals surface area (Å²) in [5.41, 5.74) is 2.20. The average molecular weight is 398 g/mol. The number of carbonyl (C=O) groups excluding carboxylic acids is 1. The topological polar surface area (TPSA) is 69.0 Å². The van der Waals surface area contributed by atoms with Gasteiger partial charge in [-0.05, 0) is 31.2 Å². The minimum absolute atomic E-state index is 0.123. The van der Waals surface area contributed by atoms with E-state index in [-0.39, 0.29) is 5.91 Å². The Hall–Kier alpha value is -2.90. The standard InChI is InChI=1S/C19H15ClN4O2S/c1-11-16(26-15-6-4-3-5-14(15)20)7-12-9-22-24(18(12)23-11)13-8-17(27-10-13)19(25)21-2/h3-10H,1-2H3,(H,21,25)/i2-1. The van der Waals surface area contributed by atoms with E-state index in [1.807, 2.05) is 30.5 Å². The number of para-hydroxylation sites is 1. The molecule has 136 valence electrons. The van der Waals surface area contributed by atoms with Crippen molar-refractivity contribution < 1.29 is 9.53 Å². The number of hydrogen-bond donors (Lipinski definition) is 1. The Labute approximate surface area is 164 Å². The fourth-order valence-electron chi connectivity index (χ4n) is 2.65. The lowest BCUT2D eigenvalue weighted by molar-refractivity contribution is 0.0967. The molecule has 0 aliphatic carbocycles. The molecule has 27 heavy (non-hydrogen) atoms. The van der Waals surface area contributed by atoms with Crippen LogP contribution in [-0.2, 0) is 0 Å². The normalized spacial score (nSPS) is 10.9. The molecule has 4 aromatic rings. The molecule has 3 aromatic heterocycles. The maximum Gasteiger partial charge on any atom is 0.261 e. The van der Waals surface area contributed by atoms with Gasteiger partial charge in [-0.1, -0.05) is 23.7 Å². The summed E-state index contributed by atoms with van der Waals surface area (Å²) in [7, 11) is 1.61. The van der Waals surface area contributed by atoms with Crippen LogP contribution in [0.3, 0.4) is 0 Å². The number of rotatable bonds is 4. The molecule has 3 heterocycles. The highest BCUT2D eigenvalue weighted by molar-refractivity contribution is 7.12. The van der Waals surface area contributed by atoms with Crippen LogP contribution in [0.2, 0.25) is 5.02 Å². The Morgan fingerprint density at radius 1 is 1.26 bits per heavy atom. The number of ether oxygens (including phenoxy) is 1. The van der Waals surface area contributed by atoms with Gasteiger partial charge in [-0.2, -0.15) is 5.10 Å². The molecule has 1 N–H and O–H groups in total. The van der Waals surface area contributed by atoms with E-state index in [1.165, 1.54) is 11.3 Å². The number of nitrogens with one attached hydrogen (secondary N) is 1. The highest BCUT2D eigenvalue weighted by atomic mass is 35.5. The van der Waals surface area contributed by atoms with E-state index in [1.54, 1.807) is 36.1 Å². The second kappa shape index (κ2) is 7.02. The second-order valence-corrected chi connectivity index (χ2v) is 7.14. The van der Waals surface area contributed by atoms with Crippen LogP contribution in [0.1, 0.15) is 15.4 Å². The molecule has 0 atom stereocenters. The van der Waals surface area contributed by atoms with Gasteiger partial charge in [-0.3, -0.25) is 4.79 Å². The van der Waals surface area contributed by atoms with E-state index in [0.29, 0.717) is 32.7 Å². The van der Waals surface area contributed by atoms with Gasteiger partial charge >= 0.3 is 0 Å². The van der Waals surface area contributed by atoms with E-state index < -0.39 is 0 Å². The number of aromatic nitrogens is 3. The fraction of sp³-hybridized carbons (Fsp3) is 0.105. The van der Waals surface area contributed by atoms with Crippen LogP contribution >= 0.6 is 22.9 Å². The van der Waals surface area contributed by atoms with Crippen LogP contribution in [-0.4, -0.2) is 27.7 Å². The van der Waals surface area contributed by atoms with Crippen molar-refractivity contribution in [2.45, 2.75) is 6.92 Å². The van der Waals surface area contributed by atoms with Crippen LogP contribution in [0.15, 0.2) is 48.0 Å². The second-order valence-electron chi connectivity index (χ2n) is 5.82. The van der Waals surface area contributed by atoms with Gasteiger partial charge in [0.2, 0.25) is 0 Å². The van der Waals surface area contributed by atoms with Gasteiger partial charge in [0, 0.05) is 17.8 Å². The summed E-state index contributed by atoms with van der Waals surface area (Å²) in [5.74, 6) is 1.07. The SMILES string of the molecule is Cc1nc2c(cnn2-c2csc(C(=O)N[11CH3])c2)cc1Oc1ccccc1Cl. The van der Waals surface area contributed by atoms with Crippen LogP contribution in [0.5, 0.6) is 11.5 Å². The highest BCUT2D eigenvalue weighted by Crippen LogP contribution is 2.32. The number of fused-ring (bicyclic) bond motifs is 1. The van der Waals surface area contributed by atoms with Crippen LogP contribution in [0.4, 0.5) is 0 Å². The maximum absolute atomic E-state index is 11.8. The van der Waals surface area contributed by atoms with Crippen molar-refractivity contribution in [3.05, 3.63) is 63.6 Å². The van der Waals surface area contributed by atoms with E-state index >= 15 is 0 Å². The Bertz CT molecular complexity index is 1150. The number of hydrogen-bond acceptors (Lipinski definition) is 5. The molecule has 0 bridgehead atoms. The number of aryl methyl sites for hydroxylation is 1. The number of pyridine rings is 1. The lowest BCUT2D eigenvalue weighted by Crippen LogP contribution is -2.16. The first kappa shape index (κ1) is 17.5. The summed E-state index contributed by atoms with van der Waals surface area (Å²) >= 11 is 7.54. The maximum atomic E-state index is 11.8. The summed E-state index contributed by atoms with van der Waals surface area (Å²) in [4.78, 5) is 17.1. The zero-order valence-corrected chi connectivity index (χ0v) is 16.1. The van der Waals surface area contributed by atoms with Gasteiger partial charge in [0.25, 0.3) is 5.91 Å². The molecule has 0 aliphatic rings. The summed E-state index contributed by atoms with van der Waals surface area (Å²) in [6.45, 7) is 1.87. The minimum Gasteiger partial charge on any atom is -0.454 e. The van der Waals surface area contributed by atoms with Crippen molar-refractivity contribution in [1.29, 1.82) is 0 Å². The molecule has 4 rings (SSSR count). The number of benzene rings is 1. The molecule has 0 fully saturated rings.